The standard InChI is InChI=1S/C18H23NO2/c1-3-4-5-14-6-9-16(10-7-14)19-13-15-8-11-17(21-2)12-18(15)20/h6-12,19-20H,3-5,13H2,1-2H3. The van der Waals surface area contributed by atoms with Crippen LogP contribution in [-0.2, 0) is 13.0 Å². The molecule has 2 N–H and O–H groups in total. The molecule has 2 aromatic carbocycles. The maximum Gasteiger partial charge on any atom is 0.124 e. The second-order valence-electron chi connectivity index (χ2n) is 5.15. The van der Waals surface area contributed by atoms with E-state index in [9.17, 15) is 5.11 Å². The molecule has 0 saturated heterocycles. The number of benzene rings is 2. The van der Waals surface area contributed by atoms with Crippen molar-refractivity contribution in [3.05, 3.63) is 53.6 Å². The fourth-order valence-electron chi connectivity index (χ4n) is 2.19. The van der Waals surface area contributed by atoms with Crippen LogP contribution in [0.15, 0.2) is 42.5 Å². The molecule has 0 radical (unpaired) electrons. The van der Waals surface area contributed by atoms with Gasteiger partial charge in [0.15, 0.2) is 0 Å². The summed E-state index contributed by atoms with van der Waals surface area (Å²) in [6.07, 6.45) is 3.58. The topological polar surface area (TPSA) is 41.5 Å². The predicted molar refractivity (Wildman–Crippen MR) is 87.0 cm³/mol. The lowest BCUT2D eigenvalue weighted by atomic mass is 10.1. The van der Waals surface area contributed by atoms with Crippen molar-refractivity contribution in [2.75, 3.05) is 12.4 Å². The minimum absolute atomic E-state index is 0.251. The molecule has 0 heterocycles. The van der Waals surface area contributed by atoms with Gasteiger partial charge in [0.2, 0.25) is 0 Å². The monoisotopic (exact) mass is 285 g/mol. The first-order valence-corrected chi connectivity index (χ1v) is 7.41. The molecule has 3 nitrogen and oxygen atoms in total. The number of nitrogens with one attached hydrogen (secondary N) is 1. The molecule has 0 aromatic heterocycles. The highest BCUT2D eigenvalue weighted by atomic mass is 16.5. The average Bonchev–Trinajstić information content (AvgIpc) is 2.52. The number of hydrogen-bond donors (Lipinski definition) is 2. The smallest absolute Gasteiger partial charge is 0.124 e. The molecule has 2 rings (SSSR count). The predicted octanol–water partition coefficient (Wildman–Crippen LogP) is 4.36. The molecular weight excluding hydrogens is 262 g/mol. The number of ether oxygens (including phenoxy) is 1. The molecule has 0 spiro atoms. The van der Waals surface area contributed by atoms with Gasteiger partial charge in [0.25, 0.3) is 0 Å². The normalized spacial score (nSPS) is 10.4. The first-order chi connectivity index (χ1) is 10.2. The molecule has 0 aliphatic rings. The van der Waals surface area contributed by atoms with Crippen LogP contribution < -0.4 is 10.1 Å². The average molecular weight is 285 g/mol. The molecule has 0 aliphatic heterocycles. The van der Waals surface area contributed by atoms with Crippen LogP contribution >= 0.6 is 0 Å². The number of anilines is 1. The summed E-state index contributed by atoms with van der Waals surface area (Å²) in [5.41, 5.74) is 3.28. The van der Waals surface area contributed by atoms with E-state index in [1.165, 1.54) is 18.4 Å². The maximum atomic E-state index is 9.92. The van der Waals surface area contributed by atoms with Crippen LogP contribution in [-0.4, -0.2) is 12.2 Å². The van der Waals surface area contributed by atoms with Crippen LogP contribution in [0.2, 0.25) is 0 Å². The highest BCUT2D eigenvalue weighted by Gasteiger charge is 2.03. The Hall–Kier alpha value is -2.16. The zero-order valence-corrected chi connectivity index (χ0v) is 12.7. The van der Waals surface area contributed by atoms with Crippen LogP contribution in [0.4, 0.5) is 5.69 Å². The van der Waals surface area contributed by atoms with Gasteiger partial charge in [-0.15, -0.1) is 0 Å². The van der Waals surface area contributed by atoms with E-state index >= 15 is 0 Å². The van der Waals surface area contributed by atoms with Gasteiger partial charge in [0.1, 0.15) is 11.5 Å². The van der Waals surface area contributed by atoms with Crippen LogP contribution in [0.25, 0.3) is 0 Å². The molecular formula is C18H23NO2. The number of hydrogen-bond acceptors (Lipinski definition) is 3. The molecule has 0 fully saturated rings. The quantitative estimate of drug-likeness (QED) is 0.794. The summed E-state index contributed by atoms with van der Waals surface area (Å²) < 4.78 is 5.08. The van der Waals surface area contributed by atoms with Gasteiger partial charge in [-0.05, 0) is 42.7 Å². The van der Waals surface area contributed by atoms with Crippen molar-refractivity contribution >= 4 is 5.69 Å². The number of aromatic hydroxyl groups is 1. The zero-order valence-electron chi connectivity index (χ0n) is 12.7. The molecule has 112 valence electrons. The zero-order chi connectivity index (χ0) is 15.1. The number of unbranched alkanes of at least 4 members (excludes halogenated alkanes) is 1. The summed E-state index contributed by atoms with van der Waals surface area (Å²) in [5.74, 6) is 0.915. The van der Waals surface area contributed by atoms with Gasteiger partial charge in [0.05, 0.1) is 7.11 Å². The second kappa shape index (κ2) is 7.58. The summed E-state index contributed by atoms with van der Waals surface area (Å²) in [6, 6.07) is 13.8. The molecule has 3 heteroatoms. The van der Waals surface area contributed by atoms with Crippen LogP contribution in [0.1, 0.15) is 30.9 Å². The van der Waals surface area contributed by atoms with Gasteiger partial charge >= 0.3 is 0 Å². The van der Waals surface area contributed by atoms with Crippen LogP contribution in [0.5, 0.6) is 11.5 Å². The Labute approximate surface area is 126 Å². The van der Waals surface area contributed by atoms with Crippen molar-refractivity contribution in [3.63, 3.8) is 0 Å². The lowest BCUT2D eigenvalue weighted by Gasteiger charge is -2.10. The first kappa shape index (κ1) is 15.2. The van der Waals surface area contributed by atoms with E-state index in [-0.39, 0.29) is 5.75 Å². The van der Waals surface area contributed by atoms with E-state index in [1.807, 2.05) is 12.1 Å². The van der Waals surface area contributed by atoms with E-state index in [4.69, 9.17) is 4.74 Å². The van der Waals surface area contributed by atoms with Crippen molar-refractivity contribution in [2.45, 2.75) is 32.7 Å². The van der Waals surface area contributed by atoms with Crippen molar-refractivity contribution in [3.8, 4) is 11.5 Å². The number of rotatable bonds is 7. The Morgan fingerprint density at radius 2 is 1.86 bits per heavy atom. The van der Waals surface area contributed by atoms with E-state index < -0.39 is 0 Å². The van der Waals surface area contributed by atoms with Crippen LogP contribution in [0.3, 0.4) is 0 Å². The lowest BCUT2D eigenvalue weighted by Crippen LogP contribution is -2.00. The minimum Gasteiger partial charge on any atom is -0.507 e. The number of phenolic OH excluding ortho intramolecular Hbond substituents is 1. The summed E-state index contributed by atoms with van der Waals surface area (Å²) in [5, 5.41) is 13.2. The van der Waals surface area contributed by atoms with Crippen molar-refractivity contribution in [1.82, 2.24) is 0 Å². The Balaban J connectivity index is 1.93. The van der Waals surface area contributed by atoms with Gasteiger partial charge in [-0.1, -0.05) is 25.5 Å². The Bertz CT molecular complexity index is 564. The van der Waals surface area contributed by atoms with E-state index in [0.29, 0.717) is 12.3 Å². The summed E-state index contributed by atoms with van der Waals surface area (Å²) in [6.45, 7) is 2.79. The number of aryl methyl sites for hydroxylation is 1. The summed E-state index contributed by atoms with van der Waals surface area (Å²) in [7, 11) is 1.59. The Morgan fingerprint density at radius 3 is 2.48 bits per heavy atom. The number of phenols is 1. The van der Waals surface area contributed by atoms with E-state index in [0.717, 1.165) is 17.7 Å². The molecule has 0 saturated carbocycles. The van der Waals surface area contributed by atoms with Crippen LogP contribution in [0, 0.1) is 0 Å². The lowest BCUT2D eigenvalue weighted by molar-refractivity contribution is 0.406. The Morgan fingerprint density at radius 1 is 1.10 bits per heavy atom. The van der Waals surface area contributed by atoms with Gasteiger partial charge in [0, 0.05) is 23.9 Å². The van der Waals surface area contributed by atoms with Crippen molar-refractivity contribution in [2.24, 2.45) is 0 Å². The fourth-order valence-corrected chi connectivity index (χ4v) is 2.19. The summed E-state index contributed by atoms with van der Waals surface area (Å²) in [4.78, 5) is 0. The highest BCUT2D eigenvalue weighted by molar-refractivity contribution is 5.47. The van der Waals surface area contributed by atoms with Gasteiger partial charge < -0.3 is 15.2 Å². The molecule has 2 aromatic rings. The van der Waals surface area contributed by atoms with E-state index in [2.05, 4.69) is 36.5 Å². The van der Waals surface area contributed by atoms with Crippen molar-refractivity contribution in [1.29, 1.82) is 0 Å². The van der Waals surface area contributed by atoms with Gasteiger partial charge in [-0.2, -0.15) is 0 Å². The van der Waals surface area contributed by atoms with Crippen molar-refractivity contribution < 1.29 is 9.84 Å². The third-order valence-corrected chi connectivity index (χ3v) is 3.55. The third kappa shape index (κ3) is 4.42. The molecule has 0 amide bonds. The summed E-state index contributed by atoms with van der Waals surface area (Å²) >= 11 is 0. The molecule has 0 atom stereocenters. The molecule has 0 bridgehead atoms. The molecule has 0 aliphatic carbocycles. The molecule has 0 unspecified atom stereocenters. The fraction of sp³-hybridized carbons (Fsp3) is 0.333. The second-order valence-corrected chi connectivity index (χ2v) is 5.15. The largest absolute Gasteiger partial charge is 0.507 e. The molecule has 21 heavy (non-hydrogen) atoms. The highest BCUT2D eigenvalue weighted by Crippen LogP contribution is 2.24. The van der Waals surface area contributed by atoms with Gasteiger partial charge in [-0.25, -0.2) is 0 Å². The third-order valence-electron chi connectivity index (χ3n) is 3.55. The number of methoxy groups -OCH3 is 1. The first-order valence-electron chi connectivity index (χ1n) is 7.41. The minimum atomic E-state index is 0.251. The Kier molecular flexibility index (Phi) is 5.50. The van der Waals surface area contributed by atoms with Gasteiger partial charge in [-0.3, -0.25) is 0 Å². The SMILES string of the molecule is CCCCc1ccc(NCc2ccc(OC)cc2O)cc1. The maximum absolute atomic E-state index is 9.92. The van der Waals surface area contributed by atoms with E-state index in [1.54, 1.807) is 13.2 Å².